The number of likely N-dealkylation sites (tertiary alicyclic amines) is 1. The Hall–Kier alpha value is -0.0500. The van der Waals surface area contributed by atoms with Gasteiger partial charge in [-0.1, -0.05) is 12.8 Å². The number of hydrogen-bond acceptors (Lipinski definition) is 3. The van der Waals surface area contributed by atoms with E-state index < -0.39 is 9.84 Å². The van der Waals surface area contributed by atoms with E-state index in [-0.39, 0.29) is 29.7 Å². The zero-order valence-corrected chi connectivity index (χ0v) is 15.5. The van der Waals surface area contributed by atoms with E-state index in [4.69, 9.17) is 0 Å². The van der Waals surface area contributed by atoms with Crippen molar-refractivity contribution in [1.29, 1.82) is 0 Å². The van der Waals surface area contributed by atoms with Crippen molar-refractivity contribution in [3.8, 4) is 0 Å². The molecule has 2 rings (SSSR count). The lowest BCUT2D eigenvalue weighted by Gasteiger charge is -2.22. The average molecular weight is 415 g/mol. The van der Waals surface area contributed by atoms with Crippen molar-refractivity contribution in [2.45, 2.75) is 25.7 Å². The smallest absolute Gasteiger partial charge is 0.193 e. The third-order valence-electron chi connectivity index (χ3n) is 4.24. The molecule has 1 aliphatic carbocycles. The Kier molecular flexibility index (Phi) is 7.03. The van der Waals surface area contributed by atoms with Crippen LogP contribution in [0.25, 0.3) is 0 Å². The zero-order valence-electron chi connectivity index (χ0n) is 12.3. The minimum absolute atomic E-state index is 0. The number of halogens is 1. The standard InChI is InChI=1S/C13H25N3O2S.HI/c1-14-13(15-7-8-19(2,17)18)16-9-11-5-3-4-6-12(11)10-16;/h11-12H,3-10H2,1-2H3,(H,14,15);1H. The Morgan fingerprint density at radius 2 is 1.80 bits per heavy atom. The molecule has 0 spiro atoms. The summed E-state index contributed by atoms with van der Waals surface area (Å²) in [7, 11) is -1.14. The highest BCUT2D eigenvalue weighted by molar-refractivity contribution is 14.0. The molecule has 118 valence electrons. The summed E-state index contributed by atoms with van der Waals surface area (Å²) in [5, 5.41) is 3.17. The molecule has 0 aromatic carbocycles. The summed E-state index contributed by atoms with van der Waals surface area (Å²) in [6.45, 7) is 2.59. The maximum Gasteiger partial charge on any atom is 0.193 e. The Labute approximate surface area is 139 Å². The fourth-order valence-electron chi connectivity index (χ4n) is 3.26. The second kappa shape index (κ2) is 7.82. The first-order chi connectivity index (χ1) is 8.99. The van der Waals surface area contributed by atoms with Gasteiger partial charge >= 0.3 is 0 Å². The van der Waals surface area contributed by atoms with Gasteiger partial charge in [0, 0.05) is 32.9 Å². The number of guanidine groups is 1. The molecule has 1 heterocycles. The van der Waals surface area contributed by atoms with E-state index in [0.29, 0.717) is 6.54 Å². The third kappa shape index (κ3) is 5.05. The Balaban J connectivity index is 0.00000200. The highest BCUT2D eigenvalue weighted by atomic mass is 127. The predicted molar refractivity (Wildman–Crippen MR) is 93.5 cm³/mol. The highest BCUT2D eigenvalue weighted by Crippen LogP contribution is 2.35. The molecule has 1 aliphatic heterocycles. The monoisotopic (exact) mass is 415 g/mol. The van der Waals surface area contributed by atoms with Crippen LogP contribution < -0.4 is 5.32 Å². The summed E-state index contributed by atoms with van der Waals surface area (Å²) < 4.78 is 22.3. The fraction of sp³-hybridized carbons (Fsp3) is 0.923. The number of fused-ring (bicyclic) bond motifs is 1. The van der Waals surface area contributed by atoms with Gasteiger partial charge < -0.3 is 10.2 Å². The number of rotatable bonds is 3. The van der Waals surface area contributed by atoms with Crippen LogP contribution in [-0.2, 0) is 9.84 Å². The van der Waals surface area contributed by atoms with Gasteiger partial charge in [-0.25, -0.2) is 8.42 Å². The van der Waals surface area contributed by atoms with Crippen molar-refractivity contribution < 1.29 is 8.42 Å². The van der Waals surface area contributed by atoms with Gasteiger partial charge in [-0.15, -0.1) is 24.0 Å². The molecule has 20 heavy (non-hydrogen) atoms. The Bertz CT molecular complexity index is 425. The summed E-state index contributed by atoms with van der Waals surface area (Å²) in [5.74, 6) is 2.63. The SMILES string of the molecule is CN=C(NCCS(C)(=O)=O)N1CC2CCCCC2C1.I. The van der Waals surface area contributed by atoms with E-state index in [1.54, 1.807) is 7.05 Å². The molecule has 0 radical (unpaired) electrons. The molecule has 0 bridgehead atoms. The van der Waals surface area contributed by atoms with E-state index in [1.807, 2.05) is 0 Å². The molecule has 1 saturated carbocycles. The zero-order chi connectivity index (χ0) is 13.9. The van der Waals surface area contributed by atoms with E-state index >= 15 is 0 Å². The lowest BCUT2D eigenvalue weighted by molar-refractivity contribution is 0.299. The van der Waals surface area contributed by atoms with Gasteiger partial charge in [0.25, 0.3) is 0 Å². The maximum atomic E-state index is 11.1. The maximum absolute atomic E-state index is 11.1. The minimum atomic E-state index is -2.91. The molecule has 0 aromatic heterocycles. The molecule has 2 unspecified atom stereocenters. The first-order valence-corrected chi connectivity index (χ1v) is 9.19. The molecule has 2 fully saturated rings. The van der Waals surface area contributed by atoms with Crippen LogP contribution in [0.5, 0.6) is 0 Å². The van der Waals surface area contributed by atoms with Crippen molar-refractivity contribution in [2.24, 2.45) is 16.8 Å². The molecule has 0 aromatic rings. The number of hydrogen-bond donors (Lipinski definition) is 1. The second-order valence-electron chi connectivity index (χ2n) is 5.81. The number of aliphatic imine (C=N–C) groups is 1. The van der Waals surface area contributed by atoms with Crippen LogP contribution in [-0.4, -0.2) is 58.0 Å². The molecule has 2 aliphatic rings. The van der Waals surface area contributed by atoms with Crippen LogP contribution >= 0.6 is 24.0 Å². The van der Waals surface area contributed by atoms with Crippen LogP contribution in [0.2, 0.25) is 0 Å². The van der Waals surface area contributed by atoms with Crippen LogP contribution in [0, 0.1) is 11.8 Å². The summed E-state index contributed by atoms with van der Waals surface area (Å²) in [5.41, 5.74) is 0. The van der Waals surface area contributed by atoms with Crippen molar-refractivity contribution in [3.05, 3.63) is 0 Å². The largest absolute Gasteiger partial charge is 0.355 e. The van der Waals surface area contributed by atoms with Crippen LogP contribution in [0.4, 0.5) is 0 Å². The molecular weight excluding hydrogens is 389 g/mol. The number of nitrogens with zero attached hydrogens (tertiary/aromatic N) is 2. The van der Waals surface area contributed by atoms with Crippen molar-refractivity contribution >= 4 is 39.8 Å². The van der Waals surface area contributed by atoms with E-state index in [0.717, 1.165) is 30.9 Å². The average Bonchev–Trinajstić information content (AvgIpc) is 2.76. The lowest BCUT2D eigenvalue weighted by Crippen LogP contribution is -2.42. The first kappa shape index (κ1) is 18.0. The van der Waals surface area contributed by atoms with Gasteiger partial charge in [0.05, 0.1) is 5.75 Å². The Morgan fingerprint density at radius 3 is 2.25 bits per heavy atom. The van der Waals surface area contributed by atoms with Crippen molar-refractivity contribution in [2.75, 3.05) is 38.7 Å². The summed E-state index contributed by atoms with van der Waals surface area (Å²) in [6.07, 6.45) is 6.65. The van der Waals surface area contributed by atoms with Gasteiger partial charge in [-0.05, 0) is 24.7 Å². The van der Waals surface area contributed by atoms with Crippen LogP contribution in [0.3, 0.4) is 0 Å². The minimum Gasteiger partial charge on any atom is -0.355 e. The summed E-state index contributed by atoms with van der Waals surface area (Å²) >= 11 is 0. The molecule has 7 heteroatoms. The first-order valence-electron chi connectivity index (χ1n) is 7.13. The normalized spacial score (nSPS) is 26.9. The van der Waals surface area contributed by atoms with E-state index in [1.165, 1.54) is 31.9 Å². The molecule has 2 atom stereocenters. The summed E-state index contributed by atoms with van der Waals surface area (Å²) in [6, 6.07) is 0. The van der Waals surface area contributed by atoms with Crippen molar-refractivity contribution in [3.63, 3.8) is 0 Å². The summed E-state index contributed by atoms with van der Waals surface area (Å²) in [4.78, 5) is 6.58. The van der Waals surface area contributed by atoms with Crippen LogP contribution in [0.15, 0.2) is 4.99 Å². The van der Waals surface area contributed by atoms with Gasteiger partial charge in [0.1, 0.15) is 9.84 Å². The predicted octanol–water partition coefficient (Wildman–Crippen LogP) is 1.35. The van der Waals surface area contributed by atoms with Crippen molar-refractivity contribution in [1.82, 2.24) is 10.2 Å². The van der Waals surface area contributed by atoms with E-state index in [2.05, 4.69) is 15.2 Å². The van der Waals surface area contributed by atoms with E-state index in [9.17, 15) is 8.42 Å². The number of sulfone groups is 1. The third-order valence-corrected chi connectivity index (χ3v) is 5.19. The fourth-order valence-corrected chi connectivity index (χ4v) is 3.73. The number of nitrogens with one attached hydrogen (secondary N) is 1. The second-order valence-corrected chi connectivity index (χ2v) is 8.07. The Morgan fingerprint density at radius 1 is 1.25 bits per heavy atom. The molecule has 0 amide bonds. The van der Waals surface area contributed by atoms with Gasteiger partial charge in [0.2, 0.25) is 0 Å². The molecule has 5 nitrogen and oxygen atoms in total. The topological polar surface area (TPSA) is 61.8 Å². The highest BCUT2D eigenvalue weighted by Gasteiger charge is 2.35. The van der Waals surface area contributed by atoms with Gasteiger partial charge in [0.15, 0.2) is 5.96 Å². The van der Waals surface area contributed by atoms with Crippen LogP contribution in [0.1, 0.15) is 25.7 Å². The quantitative estimate of drug-likeness (QED) is 0.430. The van der Waals surface area contributed by atoms with Gasteiger partial charge in [-0.3, -0.25) is 4.99 Å². The lowest BCUT2D eigenvalue weighted by atomic mass is 9.82. The van der Waals surface area contributed by atoms with Gasteiger partial charge in [-0.2, -0.15) is 0 Å². The molecular formula is C13H26IN3O2S. The molecule has 1 N–H and O–H groups in total. The molecule has 1 saturated heterocycles.